The Kier molecular flexibility index (Phi) is 3.15. The lowest BCUT2D eigenvalue weighted by Gasteiger charge is -2.46. The molecule has 3 nitrogen and oxygen atoms in total. The van der Waals surface area contributed by atoms with Crippen LogP contribution in [0.4, 0.5) is 0 Å². The van der Waals surface area contributed by atoms with Gasteiger partial charge in [-0.2, -0.15) is 0 Å². The van der Waals surface area contributed by atoms with Crippen molar-refractivity contribution in [3.63, 3.8) is 0 Å². The number of benzene rings is 1. The van der Waals surface area contributed by atoms with Crippen LogP contribution in [0.5, 0.6) is 17.2 Å². The van der Waals surface area contributed by atoms with Crippen molar-refractivity contribution in [1.82, 2.24) is 0 Å². The van der Waals surface area contributed by atoms with E-state index in [2.05, 4.69) is 19.9 Å². The minimum atomic E-state index is 0.0873. The van der Waals surface area contributed by atoms with E-state index < -0.39 is 0 Å². The third kappa shape index (κ3) is 1.80. The summed E-state index contributed by atoms with van der Waals surface area (Å²) in [4.78, 5) is 0. The molecular weight excluding hydrogens is 252 g/mol. The van der Waals surface area contributed by atoms with Crippen molar-refractivity contribution in [2.75, 3.05) is 20.8 Å². The zero-order valence-corrected chi connectivity index (χ0v) is 12.7. The first-order valence-electron chi connectivity index (χ1n) is 7.16. The molecule has 0 fully saturated rings. The lowest BCUT2D eigenvalue weighted by molar-refractivity contribution is 0.145. The highest BCUT2D eigenvalue weighted by Gasteiger charge is 2.45. The summed E-state index contributed by atoms with van der Waals surface area (Å²) < 4.78 is 17.0. The second-order valence-corrected chi connectivity index (χ2v) is 5.97. The van der Waals surface area contributed by atoms with E-state index in [0.717, 1.165) is 36.7 Å². The molecule has 0 bridgehead atoms. The Morgan fingerprint density at radius 3 is 2.75 bits per heavy atom. The van der Waals surface area contributed by atoms with Gasteiger partial charge in [-0.3, -0.25) is 0 Å². The van der Waals surface area contributed by atoms with Crippen LogP contribution < -0.4 is 14.2 Å². The van der Waals surface area contributed by atoms with Crippen molar-refractivity contribution in [3.05, 3.63) is 29.3 Å². The predicted octanol–water partition coefficient (Wildman–Crippen LogP) is 3.71. The molecule has 3 heteroatoms. The molecule has 3 rings (SSSR count). The number of fused-ring (bicyclic) bond motifs is 3. The smallest absolute Gasteiger partial charge is 0.130 e. The molecule has 0 radical (unpaired) electrons. The zero-order chi connectivity index (χ0) is 14.3. The molecule has 1 unspecified atom stereocenters. The molecule has 0 saturated carbocycles. The Labute approximate surface area is 120 Å². The van der Waals surface area contributed by atoms with E-state index in [4.69, 9.17) is 14.2 Å². The van der Waals surface area contributed by atoms with E-state index in [0.29, 0.717) is 5.92 Å². The van der Waals surface area contributed by atoms with Crippen LogP contribution >= 0.6 is 0 Å². The summed E-state index contributed by atoms with van der Waals surface area (Å²) >= 11 is 0. The average molecular weight is 274 g/mol. The fraction of sp³-hybridized carbons (Fsp3) is 0.529. The molecule has 1 aromatic rings. The molecule has 1 aliphatic heterocycles. The van der Waals surface area contributed by atoms with E-state index in [1.165, 1.54) is 11.1 Å². The molecule has 0 saturated heterocycles. The highest BCUT2D eigenvalue weighted by Crippen LogP contribution is 2.54. The average Bonchev–Trinajstić information content (AvgIpc) is 2.45. The van der Waals surface area contributed by atoms with Gasteiger partial charge in [-0.25, -0.2) is 0 Å². The first kappa shape index (κ1) is 13.3. The van der Waals surface area contributed by atoms with Crippen LogP contribution in [0.2, 0.25) is 0 Å². The Hall–Kier alpha value is -1.64. The maximum absolute atomic E-state index is 6.01. The summed E-state index contributed by atoms with van der Waals surface area (Å²) in [7, 11) is 3.38. The van der Waals surface area contributed by atoms with Gasteiger partial charge in [0.2, 0.25) is 0 Å². The van der Waals surface area contributed by atoms with Crippen molar-refractivity contribution in [2.45, 2.75) is 32.1 Å². The number of hydrogen-bond donors (Lipinski definition) is 0. The number of allylic oxidation sites excluding steroid dienone is 1. The standard InChI is InChI=1S/C17H22O3/c1-11-6-5-7-17(2)13(11)10-20-15-9-12(18-3)8-14(19-4)16(15)17/h6,8-9,13H,5,7,10H2,1-4H3/t13?,17-/m0/s1. The summed E-state index contributed by atoms with van der Waals surface area (Å²) in [5.41, 5.74) is 2.72. The fourth-order valence-corrected chi connectivity index (χ4v) is 3.73. The molecule has 1 heterocycles. The third-order valence-corrected chi connectivity index (χ3v) is 4.92. The fourth-order valence-electron chi connectivity index (χ4n) is 3.73. The topological polar surface area (TPSA) is 27.7 Å². The molecular formula is C17H22O3. The van der Waals surface area contributed by atoms with Gasteiger partial charge in [-0.15, -0.1) is 0 Å². The maximum atomic E-state index is 6.01. The SMILES string of the molecule is COc1cc(OC)c2c(c1)OCC1C(C)=CCC[C@]21C. The first-order chi connectivity index (χ1) is 9.60. The van der Waals surface area contributed by atoms with E-state index in [9.17, 15) is 0 Å². The largest absolute Gasteiger partial charge is 0.496 e. The van der Waals surface area contributed by atoms with Crippen molar-refractivity contribution < 1.29 is 14.2 Å². The van der Waals surface area contributed by atoms with Crippen molar-refractivity contribution in [2.24, 2.45) is 5.92 Å². The lowest BCUT2D eigenvalue weighted by Crippen LogP contribution is -2.42. The van der Waals surface area contributed by atoms with Gasteiger partial charge in [-0.05, 0) is 19.8 Å². The first-order valence-corrected chi connectivity index (χ1v) is 7.16. The summed E-state index contributed by atoms with van der Waals surface area (Å²) in [6, 6.07) is 3.94. The molecule has 2 aliphatic rings. The van der Waals surface area contributed by atoms with E-state index in [1.807, 2.05) is 12.1 Å². The van der Waals surface area contributed by atoms with E-state index >= 15 is 0 Å². The van der Waals surface area contributed by atoms with Crippen LogP contribution in [0, 0.1) is 5.92 Å². The quantitative estimate of drug-likeness (QED) is 0.769. The molecule has 0 N–H and O–H groups in total. The van der Waals surface area contributed by atoms with Crippen LogP contribution in [0.1, 0.15) is 32.3 Å². The summed E-state index contributed by atoms with van der Waals surface area (Å²) in [6.45, 7) is 5.29. The molecule has 1 aromatic carbocycles. The summed E-state index contributed by atoms with van der Waals surface area (Å²) in [5.74, 6) is 3.01. The normalized spacial score (nSPS) is 27.8. The highest BCUT2D eigenvalue weighted by molar-refractivity contribution is 5.56. The summed E-state index contributed by atoms with van der Waals surface area (Å²) in [6.07, 6.45) is 4.60. The van der Waals surface area contributed by atoms with Crippen LogP contribution in [0.3, 0.4) is 0 Å². The Morgan fingerprint density at radius 1 is 1.25 bits per heavy atom. The highest BCUT2D eigenvalue weighted by atomic mass is 16.5. The molecule has 0 amide bonds. The molecule has 2 atom stereocenters. The zero-order valence-electron chi connectivity index (χ0n) is 12.7. The second-order valence-electron chi connectivity index (χ2n) is 5.97. The van der Waals surface area contributed by atoms with Crippen LogP contribution in [0.15, 0.2) is 23.8 Å². The van der Waals surface area contributed by atoms with Crippen molar-refractivity contribution in [1.29, 1.82) is 0 Å². The van der Waals surface area contributed by atoms with Gasteiger partial charge < -0.3 is 14.2 Å². The van der Waals surface area contributed by atoms with Gasteiger partial charge in [0, 0.05) is 29.0 Å². The van der Waals surface area contributed by atoms with Gasteiger partial charge >= 0.3 is 0 Å². The lowest BCUT2D eigenvalue weighted by atomic mass is 9.62. The van der Waals surface area contributed by atoms with Gasteiger partial charge in [0.25, 0.3) is 0 Å². The van der Waals surface area contributed by atoms with Crippen molar-refractivity contribution >= 4 is 0 Å². The Balaban J connectivity index is 2.18. The Morgan fingerprint density at radius 2 is 2.05 bits per heavy atom. The second kappa shape index (κ2) is 4.72. The number of hydrogen-bond acceptors (Lipinski definition) is 3. The molecule has 0 aromatic heterocycles. The number of methoxy groups -OCH3 is 2. The number of rotatable bonds is 2. The van der Waals surface area contributed by atoms with Gasteiger partial charge in [-0.1, -0.05) is 18.6 Å². The van der Waals surface area contributed by atoms with Crippen LogP contribution in [-0.2, 0) is 5.41 Å². The maximum Gasteiger partial charge on any atom is 0.130 e. The summed E-state index contributed by atoms with van der Waals surface area (Å²) in [5, 5.41) is 0. The predicted molar refractivity (Wildman–Crippen MR) is 78.9 cm³/mol. The monoisotopic (exact) mass is 274 g/mol. The van der Waals surface area contributed by atoms with E-state index in [-0.39, 0.29) is 5.41 Å². The van der Waals surface area contributed by atoms with E-state index in [1.54, 1.807) is 14.2 Å². The van der Waals surface area contributed by atoms with Crippen LogP contribution in [0.25, 0.3) is 0 Å². The number of ether oxygens (including phenoxy) is 3. The van der Waals surface area contributed by atoms with Gasteiger partial charge in [0.05, 0.1) is 20.8 Å². The minimum Gasteiger partial charge on any atom is -0.496 e. The van der Waals surface area contributed by atoms with Crippen molar-refractivity contribution in [3.8, 4) is 17.2 Å². The van der Waals surface area contributed by atoms with Crippen LogP contribution in [-0.4, -0.2) is 20.8 Å². The third-order valence-electron chi connectivity index (χ3n) is 4.92. The molecule has 0 spiro atoms. The Bertz CT molecular complexity index is 544. The molecule has 108 valence electrons. The molecule has 1 aliphatic carbocycles. The molecule has 20 heavy (non-hydrogen) atoms. The van der Waals surface area contributed by atoms with Gasteiger partial charge in [0.15, 0.2) is 0 Å². The minimum absolute atomic E-state index is 0.0873. The van der Waals surface area contributed by atoms with Gasteiger partial charge in [0.1, 0.15) is 17.2 Å².